The molecule has 0 N–H and O–H groups in total. The summed E-state index contributed by atoms with van der Waals surface area (Å²) in [5.74, 6) is 1.41. The summed E-state index contributed by atoms with van der Waals surface area (Å²) in [6, 6.07) is 8.85. The fraction of sp³-hybridized carbons (Fsp3) is 0.269. The van der Waals surface area contributed by atoms with Crippen molar-refractivity contribution in [2.75, 3.05) is 29.4 Å². The second kappa shape index (κ2) is 9.03. The van der Waals surface area contributed by atoms with Crippen molar-refractivity contribution >= 4 is 17.3 Å². The molecule has 1 atom stereocenters. The van der Waals surface area contributed by atoms with Crippen LogP contribution in [0.3, 0.4) is 0 Å². The van der Waals surface area contributed by atoms with E-state index in [0.717, 1.165) is 59.2 Å². The Morgan fingerprint density at radius 1 is 0.917 bits per heavy atom. The van der Waals surface area contributed by atoms with Gasteiger partial charge in [0.1, 0.15) is 17.7 Å². The maximum atomic E-state index is 13.2. The van der Waals surface area contributed by atoms with E-state index < -0.39 is 0 Å². The Balaban J connectivity index is 1.17. The van der Waals surface area contributed by atoms with Crippen molar-refractivity contribution in [2.45, 2.75) is 19.4 Å². The first-order valence-electron chi connectivity index (χ1n) is 11.9. The van der Waals surface area contributed by atoms with Crippen LogP contribution < -0.4 is 9.80 Å². The number of aromatic nitrogens is 7. The minimum atomic E-state index is -0.230. The highest BCUT2D eigenvalue weighted by Crippen LogP contribution is 2.28. The number of aryl methyl sites for hydroxylation is 1. The molecule has 6 rings (SSSR count). The van der Waals surface area contributed by atoms with Gasteiger partial charge in [0.2, 0.25) is 5.95 Å². The number of rotatable bonds is 5. The van der Waals surface area contributed by atoms with E-state index in [-0.39, 0.29) is 11.9 Å². The van der Waals surface area contributed by atoms with Gasteiger partial charge in [0.25, 0.3) is 0 Å². The predicted molar refractivity (Wildman–Crippen MR) is 135 cm³/mol. The molecule has 9 nitrogen and oxygen atoms in total. The summed E-state index contributed by atoms with van der Waals surface area (Å²) in [4.78, 5) is 18.4. The zero-order chi connectivity index (χ0) is 24.6. The Kier molecular flexibility index (Phi) is 5.55. The smallest absolute Gasteiger partial charge is 0.225 e. The van der Waals surface area contributed by atoms with E-state index >= 15 is 0 Å². The van der Waals surface area contributed by atoms with Crippen molar-refractivity contribution in [1.29, 1.82) is 0 Å². The average molecular weight is 484 g/mol. The summed E-state index contributed by atoms with van der Waals surface area (Å²) in [6.45, 7) is 4.55. The van der Waals surface area contributed by atoms with Gasteiger partial charge in [-0.05, 0) is 36.2 Å². The molecule has 1 saturated heterocycles. The molecule has 1 aliphatic heterocycles. The molecule has 0 amide bonds. The zero-order valence-corrected chi connectivity index (χ0v) is 20.2. The third-order valence-corrected chi connectivity index (χ3v) is 6.62. The number of anilines is 2. The minimum absolute atomic E-state index is 0.199. The second-order valence-corrected chi connectivity index (χ2v) is 9.23. The second-order valence-electron chi connectivity index (χ2n) is 9.23. The Morgan fingerprint density at radius 2 is 1.72 bits per heavy atom. The summed E-state index contributed by atoms with van der Waals surface area (Å²) in [6.07, 6.45) is 11.9. The standard InChI is InChI=1S/C26H26FN9/c1-18-14-34(25-24-10-21(16-36(24)32-17-30-25)22-13-31-33(2)15-22)7-8-35(18)26-28-11-20(12-29-26)9-19-3-5-23(27)6-4-19/h3-6,10-13,15-18H,7-9,14H2,1-2H3/t18-/m1/s1. The molecule has 1 fully saturated rings. The van der Waals surface area contributed by atoms with Crippen LogP contribution in [0.1, 0.15) is 18.1 Å². The normalized spacial score (nSPS) is 16.1. The van der Waals surface area contributed by atoms with Gasteiger partial charge in [0, 0.05) is 75.1 Å². The van der Waals surface area contributed by atoms with E-state index in [1.165, 1.54) is 12.1 Å². The van der Waals surface area contributed by atoms with Crippen LogP contribution in [-0.4, -0.2) is 60.0 Å². The van der Waals surface area contributed by atoms with Gasteiger partial charge in [0.15, 0.2) is 5.82 Å². The SMILES string of the molecule is C[C@@H]1CN(c2ncnn3cc(-c4cnn(C)c4)cc23)CCN1c1ncc(Cc2ccc(F)cc2)cn1. The molecule has 0 aliphatic carbocycles. The number of hydrogen-bond donors (Lipinski definition) is 0. The van der Waals surface area contributed by atoms with Gasteiger partial charge in [-0.1, -0.05) is 12.1 Å². The van der Waals surface area contributed by atoms with Crippen LogP contribution in [0.4, 0.5) is 16.2 Å². The first-order chi connectivity index (χ1) is 17.5. The van der Waals surface area contributed by atoms with Gasteiger partial charge in [-0.25, -0.2) is 23.9 Å². The number of hydrogen-bond acceptors (Lipinski definition) is 7. The Hall–Kier alpha value is -4.34. The number of benzene rings is 1. The highest BCUT2D eigenvalue weighted by molar-refractivity contribution is 5.77. The van der Waals surface area contributed by atoms with Gasteiger partial charge in [-0.2, -0.15) is 10.2 Å². The van der Waals surface area contributed by atoms with Crippen molar-refractivity contribution in [3.63, 3.8) is 0 Å². The van der Waals surface area contributed by atoms with Gasteiger partial charge in [-0.3, -0.25) is 4.68 Å². The van der Waals surface area contributed by atoms with E-state index in [1.54, 1.807) is 23.1 Å². The molecular weight excluding hydrogens is 457 g/mol. The molecule has 0 saturated carbocycles. The van der Waals surface area contributed by atoms with Crippen LogP contribution in [0.5, 0.6) is 0 Å². The summed E-state index contributed by atoms with van der Waals surface area (Å²) >= 11 is 0. The van der Waals surface area contributed by atoms with Crippen molar-refractivity contribution in [2.24, 2.45) is 7.05 Å². The highest BCUT2D eigenvalue weighted by Gasteiger charge is 2.27. The molecule has 0 unspecified atom stereocenters. The topological polar surface area (TPSA) is 80.3 Å². The minimum Gasteiger partial charge on any atom is -0.351 e. The summed E-state index contributed by atoms with van der Waals surface area (Å²) in [5.41, 5.74) is 5.11. The largest absolute Gasteiger partial charge is 0.351 e. The number of halogens is 1. The molecule has 0 bridgehead atoms. The molecule has 0 radical (unpaired) electrons. The molecule has 182 valence electrons. The lowest BCUT2D eigenvalue weighted by Crippen LogP contribution is -2.53. The fourth-order valence-corrected chi connectivity index (χ4v) is 4.76. The monoisotopic (exact) mass is 483 g/mol. The Labute approximate surface area is 207 Å². The first kappa shape index (κ1) is 22.1. The van der Waals surface area contributed by atoms with E-state index in [4.69, 9.17) is 0 Å². The third-order valence-electron chi connectivity index (χ3n) is 6.62. The fourth-order valence-electron chi connectivity index (χ4n) is 4.76. The van der Waals surface area contributed by atoms with Crippen molar-refractivity contribution < 1.29 is 4.39 Å². The Bertz CT molecular complexity index is 1490. The highest BCUT2D eigenvalue weighted by atomic mass is 19.1. The molecule has 10 heteroatoms. The van der Waals surface area contributed by atoms with Crippen LogP contribution in [0.15, 0.2) is 67.6 Å². The average Bonchev–Trinajstić information content (AvgIpc) is 3.52. The molecule has 1 aromatic carbocycles. The maximum absolute atomic E-state index is 13.2. The van der Waals surface area contributed by atoms with E-state index in [2.05, 4.69) is 47.9 Å². The van der Waals surface area contributed by atoms with Crippen molar-refractivity contribution in [3.05, 3.63) is 84.6 Å². The number of nitrogens with zero attached hydrogens (tertiary/aromatic N) is 9. The lowest BCUT2D eigenvalue weighted by atomic mass is 10.1. The lowest BCUT2D eigenvalue weighted by Gasteiger charge is -2.40. The maximum Gasteiger partial charge on any atom is 0.225 e. The van der Waals surface area contributed by atoms with Gasteiger partial charge in [0.05, 0.1) is 6.20 Å². The van der Waals surface area contributed by atoms with Crippen LogP contribution >= 0.6 is 0 Å². The van der Waals surface area contributed by atoms with E-state index in [0.29, 0.717) is 6.42 Å². The van der Waals surface area contributed by atoms with Crippen molar-refractivity contribution in [1.82, 2.24) is 34.3 Å². The molecule has 5 aromatic rings. The molecule has 0 spiro atoms. The van der Waals surface area contributed by atoms with Crippen molar-refractivity contribution in [3.8, 4) is 11.1 Å². The third kappa shape index (κ3) is 4.26. The van der Waals surface area contributed by atoms with Gasteiger partial charge < -0.3 is 9.80 Å². The molecule has 36 heavy (non-hydrogen) atoms. The Morgan fingerprint density at radius 3 is 2.44 bits per heavy atom. The molecule has 4 aromatic heterocycles. The van der Waals surface area contributed by atoms with Crippen LogP contribution in [0.25, 0.3) is 16.6 Å². The molecular formula is C26H26FN9. The quantitative estimate of drug-likeness (QED) is 0.379. The van der Waals surface area contributed by atoms with Gasteiger partial charge >= 0.3 is 0 Å². The van der Waals surface area contributed by atoms with Crippen LogP contribution in [0.2, 0.25) is 0 Å². The number of piperazine rings is 1. The zero-order valence-electron chi connectivity index (χ0n) is 20.2. The van der Waals surface area contributed by atoms with Gasteiger partial charge in [-0.15, -0.1) is 0 Å². The number of fused-ring (bicyclic) bond motifs is 1. The lowest BCUT2D eigenvalue weighted by molar-refractivity contribution is 0.537. The van der Waals surface area contributed by atoms with E-state index in [1.807, 2.05) is 42.5 Å². The van der Waals surface area contributed by atoms with Crippen LogP contribution in [-0.2, 0) is 13.5 Å². The summed E-state index contributed by atoms with van der Waals surface area (Å²) < 4.78 is 16.8. The molecule has 1 aliphatic rings. The summed E-state index contributed by atoms with van der Waals surface area (Å²) in [5, 5.41) is 8.70. The van der Waals surface area contributed by atoms with Crippen LogP contribution in [0, 0.1) is 5.82 Å². The van der Waals surface area contributed by atoms with E-state index in [9.17, 15) is 4.39 Å². The molecule has 5 heterocycles. The first-order valence-corrected chi connectivity index (χ1v) is 11.9. The summed E-state index contributed by atoms with van der Waals surface area (Å²) in [7, 11) is 1.91. The predicted octanol–water partition coefficient (Wildman–Crippen LogP) is 3.36.